The minimum Gasteiger partial charge on any atom is -0.358 e. The lowest BCUT2D eigenvalue weighted by atomic mass is 9.96. The lowest BCUT2D eigenvalue weighted by Crippen LogP contribution is -2.21. The Morgan fingerprint density at radius 1 is 1.11 bits per heavy atom. The predicted molar refractivity (Wildman–Crippen MR) is 83.9 cm³/mol. The van der Waals surface area contributed by atoms with E-state index in [-0.39, 0.29) is 0 Å². The van der Waals surface area contributed by atoms with Gasteiger partial charge in [0.15, 0.2) is 0 Å². The molecule has 0 bridgehead atoms. The van der Waals surface area contributed by atoms with Crippen molar-refractivity contribution in [2.24, 2.45) is 0 Å². The van der Waals surface area contributed by atoms with Crippen LogP contribution in [0, 0.1) is 13.8 Å². The van der Waals surface area contributed by atoms with Gasteiger partial charge in [0.2, 0.25) is 0 Å². The number of hydrogen-bond donors (Lipinski definition) is 2. The number of aryl methyl sites for hydroxylation is 3. The first kappa shape index (κ1) is 14.1. The highest BCUT2D eigenvalue weighted by atomic mass is 14.9. The van der Waals surface area contributed by atoms with Crippen molar-refractivity contribution < 1.29 is 0 Å². The van der Waals surface area contributed by atoms with Crippen LogP contribution in [0.4, 0.5) is 0 Å². The smallest absolute Gasteiger partial charge is 0.0491 e. The summed E-state index contributed by atoms with van der Waals surface area (Å²) < 4.78 is 0. The van der Waals surface area contributed by atoms with E-state index in [0.717, 1.165) is 19.4 Å². The molecule has 0 aliphatic carbocycles. The molecule has 0 aliphatic rings. The third-order valence-corrected chi connectivity index (χ3v) is 4.05. The van der Waals surface area contributed by atoms with Gasteiger partial charge in [-0.15, -0.1) is 0 Å². The molecule has 0 aliphatic heterocycles. The largest absolute Gasteiger partial charge is 0.358 e. The summed E-state index contributed by atoms with van der Waals surface area (Å²) in [5.41, 5.74) is 6.92. The summed E-state index contributed by atoms with van der Waals surface area (Å²) in [6, 6.07) is 4.91. The molecule has 2 heteroatoms. The first-order chi connectivity index (χ1) is 9.13. The normalized spacial score (nSPS) is 13.1. The molecule has 2 N–H and O–H groups in total. The van der Waals surface area contributed by atoms with Gasteiger partial charge in [-0.2, -0.15) is 0 Å². The highest BCUT2D eigenvalue weighted by Crippen LogP contribution is 2.34. The summed E-state index contributed by atoms with van der Waals surface area (Å²) in [4.78, 5) is 3.66. The van der Waals surface area contributed by atoms with E-state index in [9.17, 15) is 0 Å². The highest BCUT2D eigenvalue weighted by Gasteiger charge is 2.19. The molecule has 1 heterocycles. The lowest BCUT2D eigenvalue weighted by molar-refractivity contribution is 0.536. The maximum Gasteiger partial charge on any atom is 0.0491 e. The van der Waals surface area contributed by atoms with Gasteiger partial charge in [0.25, 0.3) is 0 Å². The highest BCUT2D eigenvalue weighted by molar-refractivity contribution is 5.90. The first-order valence-corrected chi connectivity index (χ1v) is 7.47. The number of aromatic nitrogens is 1. The van der Waals surface area contributed by atoms with Gasteiger partial charge in [0.1, 0.15) is 0 Å². The molecule has 0 fully saturated rings. The van der Waals surface area contributed by atoms with Crippen LogP contribution in [0.2, 0.25) is 0 Å². The maximum absolute atomic E-state index is 3.66. The van der Waals surface area contributed by atoms with Crippen LogP contribution in [-0.2, 0) is 6.42 Å². The summed E-state index contributed by atoms with van der Waals surface area (Å²) >= 11 is 0. The first-order valence-electron chi connectivity index (χ1n) is 7.47. The van der Waals surface area contributed by atoms with Gasteiger partial charge < -0.3 is 10.3 Å². The Morgan fingerprint density at radius 2 is 1.79 bits per heavy atom. The SMILES string of the molecule is CCNC(CC)c1c(CC)[nH]c2c(C)ccc(C)c12. The standard InChI is InChI=1S/C17H26N2/c1-6-13(18-8-3)16-14(7-2)19-17-12(5)10-9-11(4)15(16)17/h9-10,13,18-19H,6-8H2,1-5H3. The summed E-state index contributed by atoms with van der Waals surface area (Å²) in [6.45, 7) is 12.1. The van der Waals surface area contributed by atoms with Crippen LogP contribution in [-0.4, -0.2) is 11.5 Å². The van der Waals surface area contributed by atoms with Crippen molar-refractivity contribution in [3.05, 3.63) is 34.5 Å². The van der Waals surface area contributed by atoms with Crippen molar-refractivity contribution in [1.82, 2.24) is 10.3 Å². The Bertz CT molecular complexity index is 566. The molecule has 0 spiro atoms. The average Bonchev–Trinajstić information content (AvgIpc) is 2.81. The molecule has 0 saturated carbocycles. The van der Waals surface area contributed by atoms with Crippen LogP contribution < -0.4 is 5.32 Å². The van der Waals surface area contributed by atoms with E-state index >= 15 is 0 Å². The van der Waals surface area contributed by atoms with Crippen molar-refractivity contribution in [1.29, 1.82) is 0 Å². The molecular weight excluding hydrogens is 232 g/mol. The average molecular weight is 258 g/mol. The zero-order valence-corrected chi connectivity index (χ0v) is 12.9. The number of fused-ring (bicyclic) bond motifs is 1. The summed E-state index contributed by atoms with van der Waals surface area (Å²) in [5.74, 6) is 0. The Kier molecular flexibility index (Phi) is 4.31. The van der Waals surface area contributed by atoms with Gasteiger partial charge in [-0.25, -0.2) is 0 Å². The van der Waals surface area contributed by atoms with Crippen molar-refractivity contribution in [2.45, 2.75) is 53.5 Å². The van der Waals surface area contributed by atoms with Gasteiger partial charge >= 0.3 is 0 Å². The second kappa shape index (κ2) is 5.79. The molecule has 1 atom stereocenters. The van der Waals surface area contributed by atoms with Crippen molar-refractivity contribution in [3.63, 3.8) is 0 Å². The molecule has 1 unspecified atom stereocenters. The number of H-pyrrole nitrogens is 1. The van der Waals surface area contributed by atoms with Crippen LogP contribution in [0.15, 0.2) is 12.1 Å². The quantitative estimate of drug-likeness (QED) is 0.817. The Balaban J connectivity index is 2.72. The second-order valence-corrected chi connectivity index (χ2v) is 5.34. The van der Waals surface area contributed by atoms with Crippen molar-refractivity contribution in [3.8, 4) is 0 Å². The number of rotatable bonds is 5. The van der Waals surface area contributed by atoms with Gasteiger partial charge in [-0.1, -0.05) is 32.9 Å². The van der Waals surface area contributed by atoms with E-state index in [4.69, 9.17) is 0 Å². The van der Waals surface area contributed by atoms with Gasteiger partial charge in [0, 0.05) is 22.6 Å². The molecule has 0 amide bonds. The van der Waals surface area contributed by atoms with Crippen LogP contribution in [0.1, 0.15) is 55.6 Å². The minimum atomic E-state index is 0.453. The number of aromatic amines is 1. The number of benzene rings is 1. The fourth-order valence-corrected chi connectivity index (χ4v) is 3.05. The fraction of sp³-hybridized carbons (Fsp3) is 0.529. The van der Waals surface area contributed by atoms with E-state index in [1.165, 1.54) is 33.3 Å². The molecule has 0 saturated heterocycles. The molecule has 0 radical (unpaired) electrons. The van der Waals surface area contributed by atoms with E-state index < -0.39 is 0 Å². The Labute approximate surface area is 116 Å². The zero-order valence-electron chi connectivity index (χ0n) is 12.9. The minimum absolute atomic E-state index is 0.453. The van der Waals surface area contributed by atoms with Crippen molar-refractivity contribution in [2.75, 3.05) is 6.54 Å². The van der Waals surface area contributed by atoms with E-state index in [1.807, 2.05) is 0 Å². The molecular formula is C17H26N2. The molecule has 2 nitrogen and oxygen atoms in total. The number of nitrogens with one attached hydrogen (secondary N) is 2. The topological polar surface area (TPSA) is 27.8 Å². The van der Waals surface area contributed by atoms with Crippen LogP contribution in [0.25, 0.3) is 10.9 Å². The van der Waals surface area contributed by atoms with Crippen LogP contribution in [0.3, 0.4) is 0 Å². The maximum atomic E-state index is 3.66. The van der Waals surface area contributed by atoms with Gasteiger partial charge in [0.05, 0.1) is 0 Å². The molecule has 19 heavy (non-hydrogen) atoms. The summed E-state index contributed by atoms with van der Waals surface area (Å²) in [6.07, 6.45) is 2.19. The molecule has 2 rings (SSSR count). The summed E-state index contributed by atoms with van der Waals surface area (Å²) in [5, 5.41) is 5.06. The lowest BCUT2D eigenvalue weighted by Gasteiger charge is -2.18. The molecule has 104 valence electrons. The second-order valence-electron chi connectivity index (χ2n) is 5.34. The third kappa shape index (κ3) is 2.42. The van der Waals surface area contributed by atoms with E-state index in [2.05, 4.69) is 57.1 Å². The predicted octanol–water partition coefficient (Wildman–Crippen LogP) is 4.41. The Hall–Kier alpha value is -1.28. The van der Waals surface area contributed by atoms with E-state index in [1.54, 1.807) is 0 Å². The summed E-state index contributed by atoms with van der Waals surface area (Å²) in [7, 11) is 0. The van der Waals surface area contributed by atoms with Crippen molar-refractivity contribution >= 4 is 10.9 Å². The molecule has 1 aromatic heterocycles. The molecule has 2 aromatic rings. The Morgan fingerprint density at radius 3 is 2.37 bits per heavy atom. The van der Waals surface area contributed by atoms with E-state index in [0.29, 0.717) is 6.04 Å². The van der Waals surface area contributed by atoms with Gasteiger partial charge in [-0.3, -0.25) is 0 Å². The molecule has 1 aromatic carbocycles. The number of hydrogen-bond acceptors (Lipinski definition) is 1. The van der Waals surface area contributed by atoms with Crippen LogP contribution >= 0.6 is 0 Å². The van der Waals surface area contributed by atoms with Gasteiger partial charge in [-0.05, 0) is 49.9 Å². The van der Waals surface area contributed by atoms with Crippen LogP contribution in [0.5, 0.6) is 0 Å². The fourth-order valence-electron chi connectivity index (χ4n) is 3.05. The zero-order chi connectivity index (χ0) is 14.0. The third-order valence-electron chi connectivity index (χ3n) is 4.05. The monoisotopic (exact) mass is 258 g/mol.